The van der Waals surface area contributed by atoms with Crippen LogP contribution in [0.3, 0.4) is 0 Å². The van der Waals surface area contributed by atoms with Crippen LogP contribution < -0.4 is 0 Å². The quantitative estimate of drug-likeness (QED) is 0.801. The summed E-state index contributed by atoms with van der Waals surface area (Å²) >= 11 is 0. The van der Waals surface area contributed by atoms with Crippen molar-refractivity contribution in [2.45, 2.75) is 18.9 Å². The monoisotopic (exact) mass is 281 g/mol. The summed E-state index contributed by atoms with van der Waals surface area (Å²) in [4.78, 5) is 7.24. The number of fused-ring (bicyclic) bond motifs is 1. The van der Waals surface area contributed by atoms with Gasteiger partial charge in [-0.05, 0) is 31.2 Å². The molecule has 4 rings (SSSR count). The second kappa shape index (κ2) is 5.00. The summed E-state index contributed by atoms with van der Waals surface area (Å²) in [6.45, 7) is 3.11. The molecule has 0 saturated carbocycles. The molecule has 108 valence electrons. The van der Waals surface area contributed by atoms with Crippen molar-refractivity contribution in [2.24, 2.45) is 7.05 Å². The molecule has 21 heavy (non-hydrogen) atoms. The summed E-state index contributed by atoms with van der Waals surface area (Å²) in [6, 6.07) is 10.4. The fourth-order valence-corrected chi connectivity index (χ4v) is 3.26. The Morgan fingerprint density at radius 2 is 2.19 bits per heavy atom. The molecule has 0 spiro atoms. The number of hydrogen-bond acceptors (Lipinski definition) is 3. The fourth-order valence-electron chi connectivity index (χ4n) is 3.26. The first-order chi connectivity index (χ1) is 10.3. The Bertz CT molecular complexity index is 743. The summed E-state index contributed by atoms with van der Waals surface area (Å²) in [5.74, 6) is 1.71. The average Bonchev–Trinajstić information content (AvgIpc) is 3.21. The number of nitrogens with zero attached hydrogens (tertiary/aromatic N) is 4. The van der Waals surface area contributed by atoms with E-state index in [2.05, 4.69) is 51.0 Å². The minimum atomic E-state index is 0.571. The van der Waals surface area contributed by atoms with Crippen molar-refractivity contribution in [1.29, 1.82) is 0 Å². The smallest absolute Gasteiger partial charge is 0.123 e. The van der Waals surface area contributed by atoms with E-state index in [9.17, 15) is 0 Å². The lowest BCUT2D eigenvalue weighted by atomic mass is 10.1. The summed E-state index contributed by atoms with van der Waals surface area (Å²) in [5.41, 5.74) is 3.54. The third-order valence-corrected chi connectivity index (χ3v) is 4.48. The zero-order chi connectivity index (χ0) is 14.2. The van der Waals surface area contributed by atoms with Crippen molar-refractivity contribution in [3.05, 3.63) is 48.0 Å². The zero-order valence-electron chi connectivity index (χ0n) is 12.2. The lowest BCUT2D eigenvalue weighted by Crippen LogP contribution is -2.21. The Morgan fingerprint density at radius 1 is 1.29 bits per heavy atom. The molecular weight excluding hydrogens is 262 g/mol. The van der Waals surface area contributed by atoms with E-state index in [1.54, 1.807) is 0 Å². The topological polar surface area (TPSA) is 49.7 Å². The molecule has 3 aromatic rings. The molecule has 3 heterocycles. The van der Waals surface area contributed by atoms with Gasteiger partial charge in [-0.15, -0.1) is 0 Å². The maximum atomic E-state index is 4.76. The summed E-state index contributed by atoms with van der Waals surface area (Å²) in [6.07, 6.45) is 3.02. The first kappa shape index (κ1) is 12.6. The third-order valence-electron chi connectivity index (χ3n) is 4.48. The molecule has 0 bridgehead atoms. The highest BCUT2D eigenvalue weighted by Gasteiger charge is 2.25. The Kier molecular flexibility index (Phi) is 3.00. The molecule has 1 atom stereocenters. The van der Waals surface area contributed by atoms with E-state index in [1.807, 2.05) is 12.3 Å². The maximum Gasteiger partial charge on any atom is 0.123 e. The number of hydrogen-bond donors (Lipinski definition) is 1. The van der Waals surface area contributed by atoms with E-state index in [-0.39, 0.29) is 0 Å². The Balaban J connectivity index is 1.52. The van der Waals surface area contributed by atoms with Gasteiger partial charge in [0.05, 0.1) is 17.6 Å². The number of imidazole rings is 1. The average molecular weight is 281 g/mol. The molecule has 0 aliphatic carbocycles. The van der Waals surface area contributed by atoms with Crippen LogP contribution in [0, 0.1) is 0 Å². The van der Waals surface area contributed by atoms with Crippen LogP contribution >= 0.6 is 0 Å². The predicted molar refractivity (Wildman–Crippen MR) is 81.9 cm³/mol. The molecule has 1 saturated heterocycles. The van der Waals surface area contributed by atoms with Gasteiger partial charge in [0, 0.05) is 31.4 Å². The van der Waals surface area contributed by atoms with Gasteiger partial charge in [0.15, 0.2) is 0 Å². The number of benzene rings is 1. The van der Waals surface area contributed by atoms with E-state index >= 15 is 0 Å². The molecule has 1 N–H and O–H groups in total. The number of nitrogens with one attached hydrogen (secondary N) is 1. The van der Waals surface area contributed by atoms with Gasteiger partial charge in [0.2, 0.25) is 0 Å². The molecule has 0 amide bonds. The van der Waals surface area contributed by atoms with E-state index < -0.39 is 0 Å². The maximum absolute atomic E-state index is 4.76. The van der Waals surface area contributed by atoms with Crippen LogP contribution in [-0.2, 0) is 13.6 Å². The number of aryl methyl sites for hydroxylation is 1. The van der Waals surface area contributed by atoms with Gasteiger partial charge >= 0.3 is 0 Å². The van der Waals surface area contributed by atoms with Crippen molar-refractivity contribution in [3.8, 4) is 0 Å². The highest BCUT2D eigenvalue weighted by Crippen LogP contribution is 2.27. The molecule has 0 unspecified atom stereocenters. The third kappa shape index (κ3) is 2.23. The van der Waals surface area contributed by atoms with Gasteiger partial charge in [-0.3, -0.25) is 10.00 Å². The van der Waals surface area contributed by atoms with Crippen LogP contribution in [0.4, 0.5) is 0 Å². The summed E-state index contributed by atoms with van der Waals surface area (Å²) in [7, 11) is 2.10. The predicted octanol–water partition coefficient (Wildman–Crippen LogP) is 2.29. The molecule has 5 nitrogen and oxygen atoms in total. The van der Waals surface area contributed by atoms with E-state index in [1.165, 1.54) is 17.6 Å². The number of aromatic amines is 1. The number of para-hydroxylation sites is 2. The van der Waals surface area contributed by atoms with Crippen molar-refractivity contribution in [3.63, 3.8) is 0 Å². The minimum absolute atomic E-state index is 0.571. The van der Waals surface area contributed by atoms with Gasteiger partial charge in [0.25, 0.3) is 0 Å². The Morgan fingerprint density at radius 3 is 3.00 bits per heavy atom. The first-order valence-electron chi connectivity index (χ1n) is 7.43. The second-order valence-corrected chi connectivity index (χ2v) is 5.81. The number of rotatable bonds is 3. The SMILES string of the molecule is Cn1c(CN2CC[C@H](c3ccn[nH]3)C2)nc2ccccc21. The normalized spacial score (nSPS) is 19.6. The molecule has 0 radical (unpaired) electrons. The first-order valence-corrected chi connectivity index (χ1v) is 7.43. The van der Waals surface area contributed by atoms with Crippen LogP contribution in [0.5, 0.6) is 0 Å². The van der Waals surface area contributed by atoms with Gasteiger partial charge in [0.1, 0.15) is 5.82 Å². The number of H-pyrrole nitrogens is 1. The van der Waals surface area contributed by atoms with Crippen LogP contribution in [0.15, 0.2) is 36.5 Å². The van der Waals surface area contributed by atoms with Crippen molar-refractivity contribution >= 4 is 11.0 Å². The van der Waals surface area contributed by atoms with Crippen molar-refractivity contribution < 1.29 is 0 Å². The number of aromatic nitrogens is 4. The van der Waals surface area contributed by atoms with Gasteiger partial charge in [-0.2, -0.15) is 5.10 Å². The molecule has 1 aliphatic rings. The molecule has 1 fully saturated rings. The molecule has 5 heteroatoms. The lowest BCUT2D eigenvalue weighted by Gasteiger charge is -2.15. The van der Waals surface area contributed by atoms with E-state index in [0.29, 0.717) is 5.92 Å². The summed E-state index contributed by atoms with van der Waals surface area (Å²) < 4.78 is 2.21. The zero-order valence-corrected chi connectivity index (χ0v) is 12.2. The van der Waals surface area contributed by atoms with Crippen molar-refractivity contribution in [2.75, 3.05) is 13.1 Å². The Labute approximate surface area is 123 Å². The highest BCUT2D eigenvalue weighted by molar-refractivity contribution is 5.75. The number of likely N-dealkylation sites (tertiary alicyclic amines) is 1. The lowest BCUT2D eigenvalue weighted by molar-refractivity contribution is 0.314. The second-order valence-electron chi connectivity index (χ2n) is 5.81. The summed E-state index contributed by atoms with van der Waals surface area (Å²) in [5, 5.41) is 7.16. The van der Waals surface area contributed by atoms with Gasteiger partial charge < -0.3 is 4.57 Å². The molecule has 1 aromatic carbocycles. The standard InChI is InChI=1S/C16H19N5/c1-20-15-5-3-2-4-14(15)18-16(20)11-21-9-7-12(10-21)13-6-8-17-19-13/h2-6,8,12H,7,9-11H2,1H3,(H,17,19)/t12-/m0/s1. The van der Waals surface area contributed by atoms with E-state index in [0.717, 1.165) is 31.0 Å². The Hall–Kier alpha value is -2.14. The highest BCUT2D eigenvalue weighted by atomic mass is 15.2. The minimum Gasteiger partial charge on any atom is -0.330 e. The molecule has 1 aliphatic heterocycles. The molecular formula is C16H19N5. The van der Waals surface area contributed by atoms with Crippen LogP contribution in [-0.4, -0.2) is 37.7 Å². The van der Waals surface area contributed by atoms with E-state index in [4.69, 9.17) is 4.98 Å². The van der Waals surface area contributed by atoms with Crippen molar-refractivity contribution in [1.82, 2.24) is 24.6 Å². The van der Waals surface area contributed by atoms with Crippen LogP contribution in [0.2, 0.25) is 0 Å². The fraction of sp³-hybridized carbons (Fsp3) is 0.375. The van der Waals surface area contributed by atoms with Gasteiger partial charge in [-0.1, -0.05) is 12.1 Å². The van der Waals surface area contributed by atoms with Crippen LogP contribution in [0.1, 0.15) is 23.9 Å². The van der Waals surface area contributed by atoms with Gasteiger partial charge in [-0.25, -0.2) is 4.98 Å². The van der Waals surface area contributed by atoms with Crippen LogP contribution in [0.25, 0.3) is 11.0 Å². The largest absolute Gasteiger partial charge is 0.330 e. The molecule has 2 aromatic heterocycles.